The number of nitrogens with zero attached hydrogens (tertiary/aromatic N) is 2. The average molecular weight is 378 g/mol. The van der Waals surface area contributed by atoms with E-state index in [0.29, 0.717) is 13.1 Å². The Labute approximate surface area is 160 Å². The van der Waals surface area contributed by atoms with Crippen molar-refractivity contribution in [2.45, 2.75) is 45.2 Å². The van der Waals surface area contributed by atoms with Gasteiger partial charge in [0.05, 0.1) is 0 Å². The smallest absolute Gasteiger partial charge is 0.245 e. The third kappa shape index (κ3) is 4.98. The highest BCUT2D eigenvalue weighted by Crippen LogP contribution is 2.29. The molecule has 3 rings (SSSR count). The molecule has 0 aromatic heterocycles. The predicted molar refractivity (Wildman–Crippen MR) is 103 cm³/mol. The van der Waals surface area contributed by atoms with Gasteiger partial charge < -0.3 is 10.2 Å². The normalized spacial score (nSPS) is 20.2. The summed E-state index contributed by atoms with van der Waals surface area (Å²) in [7, 11) is 0. The summed E-state index contributed by atoms with van der Waals surface area (Å²) in [6, 6.07) is 7.57. The van der Waals surface area contributed by atoms with E-state index in [1.165, 1.54) is 12.5 Å². The zero-order valence-corrected chi connectivity index (χ0v) is 16.2. The molecule has 1 aromatic rings. The average Bonchev–Trinajstić information content (AvgIpc) is 3.14. The Hall–Kier alpha value is -1.59. The zero-order valence-electron chi connectivity index (χ0n) is 15.4. The molecule has 0 spiro atoms. The van der Waals surface area contributed by atoms with Gasteiger partial charge in [0.15, 0.2) is 0 Å². The van der Waals surface area contributed by atoms with Crippen molar-refractivity contribution in [3.05, 3.63) is 34.9 Å². The number of amides is 2. The Balaban J connectivity index is 1.55. The van der Waals surface area contributed by atoms with Crippen LogP contribution in [0.25, 0.3) is 0 Å². The lowest BCUT2D eigenvalue weighted by Gasteiger charge is -2.37. The molecule has 1 aromatic carbocycles. The highest BCUT2D eigenvalue weighted by Gasteiger charge is 2.35. The van der Waals surface area contributed by atoms with E-state index in [-0.39, 0.29) is 23.8 Å². The first-order chi connectivity index (χ1) is 12.5. The lowest BCUT2D eigenvalue weighted by atomic mass is 9.96. The first-order valence-electron chi connectivity index (χ1n) is 9.55. The van der Waals surface area contributed by atoms with Crippen molar-refractivity contribution >= 4 is 23.4 Å². The summed E-state index contributed by atoms with van der Waals surface area (Å²) in [6.07, 6.45) is 4.37. The second kappa shape index (κ2) is 8.87. The summed E-state index contributed by atoms with van der Waals surface area (Å²) >= 11 is 6.06. The van der Waals surface area contributed by atoms with Crippen molar-refractivity contribution in [3.63, 3.8) is 0 Å². The molecule has 1 N–H and O–H groups in total. The molecule has 0 bridgehead atoms. The van der Waals surface area contributed by atoms with Gasteiger partial charge in [-0.3, -0.25) is 14.5 Å². The molecular weight excluding hydrogens is 350 g/mol. The summed E-state index contributed by atoms with van der Waals surface area (Å²) in [4.78, 5) is 28.9. The Morgan fingerprint density at radius 2 is 1.88 bits per heavy atom. The predicted octanol–water partition coefficient (Wildman–Crippen LogP) is 2.68. The van der Waals surface area contributed by atoms with Crippen LogP contribution in [0.1, 0.15) is 38.2 Å². The molecule has 1 aliphatic heterocycles. The maximum atomic E-state index is 13.0. The van der Waals surface area contributed by atoms with Gasteiger partial charge >= 0.3 is 0 Å². The number of nitrogens with one attached hydrogen (secondary N) is 1. The van der Waals surface area contributed by atoms with Crippen molar-refractivity contribution in [2.24, 2.45) is 5.92 Å². The van der Waals surface area contributed by atoms with Crippen molar-refractivity contribution in [1.29, 1.82) is 0 Å². The van der Waals surface area contributed by atoms with Gasteiger partial charge in [-0.1, -0.05) is 36.6 Å². The number of hydrogen-bond acceptors (Lipinski definition) is 3. The van der Waals surface area contributed by atoms with Crippen LogP contribution in [-0.2, 0) is 16.1 Å². The highest BCUT2D eigenvalue weighted by molar-refractivity contribution is 6.30. The summed E-state index contributed by atoms with van der Waals surface area (Å²) in [5, 5.41) is 3.67. The van der Waals surface area contributed by atoms with E-state index in [0.717, 1.165) is 50.3 Å². The Bertz CT molecular complexity index is 638. The van der Waals surface area contributed by atoms with E-state index in [2.05, 4.69) is 16.3 Å². The summed E-state index contributed by atoms with van der Waals surface area (Å²) in [6.45, 7) is 5.45. The number of halogens is 1. The fourth-order valence-corrected chi connectivity index (χ4v) is 4.32. The van der Waals surface area contributed by atoms with Crippen LogP contribution in [0.15, 0.2) is 24.3 Å². The van der Waals surface area contributed by atoms with Crippen LogP contribution >= 0.6 is 11.6 Å². The topological polar surface area (TPSA) is 52.7 Å². The van der Waals surface area contributed by atoms with Gasteiger partial charge in [-0.25, -0.2) is 0 Å². The largest absolute Gasteiger partial charge is 0.344 e. The van der Waals surface area contributed by atoms with Gasteiger partial charge in [-0.2, -0.15) is 0 Å². The third-order valence-electron chi connectivity index (χ3n) is 5.48. The first-order valence-corrected chi connectivity index (χ1v) is 9.93. The third-order valence-corrected chi connectivity index (χ3v) is 5.71. The van der Waals surface area contributed by atoms with Crippen LogP contribution in [0.5, 0.6) is 0 Å². The van der Waals surface area contributed by atoms with Crippen molar-refractivity contribution in [3.8, 4) is 0 Å². The number of piperazine rings is 1. The van der Waals surface area contributed by atoms with Crippen molar-refractivity contribution in [1.82, 2.24) is 15.1 Å². The van der Waals surface area contributed by atoms with E-state index < -0.39 is 0 Å². The molecule has 5 nitrogen and oxygen atoms in total. The first kappa shape index (κ1) is 19.2. The summed E-state index contributed by atoms with van der Waals surface area (Å²) in [5.74, 6) is 0.264. The summed E-state index contributed by atoms with van der Waals surface area (Å²) in [5.41, 5.74) is 1.19. The maximum absolute atomic E-state index is 13.0. The standard InChI is InChI=1S/C20H28ClN3O2/c1-15(25)22-19(17-6-2-3-7-17)20(26)24-11-9-23(10-12-24)14-16-5-4-8-18(21)13-16/h4-5,8,13,17,19H,2-3,6-7,9-12,14H2,1H3,(H,22,25). The molecule has 2 amide bonds. The molecule has 2 fully saturated rings. The number of carbonyl (C=O) groups is 2. The molecule has 1 saturated heterocycles. The molecule has 142 valence electrons. The number of benzene rings is 1. The van der Waals surface area contributed by atoms with E-state index in [1.807, 2.05) is 23.1 Å². The van der Waals surface area contributed by atoms with Crippen LogP contribution in [-0.4, -0.2) is 53.8 Å². The Morgan fingerprint density at radius 1 is 1.19 bits per heavy atom. The molecule has 6 heteroatoms. The lowest BCUT2D eigenvalue weighted by Crippen LogP contribution is -2.56. The fourth-order valence-electron chi connectivity index (χ4n) is 4.11. The van der Waals surface area contributed by atoms with Gasteiger partial charge in [0.2, 0.25) is 11.8 Å². The molecule has 1 heterocycles. The molecule has 26 heavy (non-hydrogen) atoms. The molecule has 0 radical (unpaired) electrons. The van der Waals surface area contributed by atoms with Crippen LogP contribution in [0.2, 0.25) is 5.02 Å². The zero-order chi connectivity index (χ0) is 18.5. The molecule has 1 atom stereocenters. The maximum Gasteiger partial charge on any atom is 0.245 e. The lowest BCUT2D eigenvalue weighted by molar-refractivity contribution is -0.139. The minimum absolute atomic E-state index is 0.0921. The monoisotopic (exact) mass is 377 g/mol. The van der Waals surface area contributed by atoms with Crippen LogP contribution in [0.3, 0.4) is 0 Å². The Morgan fingerprint density at radius 3 is 2.50 bits per heavy atom. The van der Waals surface area contributed by atoms with Gasteiger partial charge in [-0.15, -0.1) is 0 Å². The SMILES string of the molecule is CC(=O)NC(C(=O)N1CCN(Cc2cccc(Cl)c2)CC1)C1CCCC1. The molecule has 1 unspecified atom stereocenters. The van der Waals surface area contributed by atoms with E-state index in [1.54, 1.807) is 0 Å². The highest BCUT2D eigenvalue weighted by atomic mass is 35.5. The molecular formula is C20H28ClN3O2. The van der Waals surface area contributed by atoms with E-state index in [9.17, 15) is 9.59 Å². The van der Waals surface area contributed by atoms with E-state index >= 15 is 0 Å². The van der Waals surface area contributed by atoms with E-state index in [4.69, 9.17) is 11.6 Å². The van der Waals surface area contributed by atoms with Crippen LogP contribution < -0.4 is 5.32 Å². The molecule has 2 aliphatic rings. The minimum atomic E-state index is -0.352. The molecule has 1 aliphatic carbocycles. The van der Waals surface area contributed by atoms with Gasteiger partial charge in [0.25, 0.3) is 0 Å². The van der Waals surface area contributed by atoms with Crippen molar-refractivity contribution in [2.75, 3.05) is 26.2 Å². The van der Waals surface area contributed by atoms with Gasteiger partial charge in [-0.05, 0) is 36.5 Å². The number of hydrogen-bond donors (Lipinski definition) is 1. The van der Waals surface area contributed by atoms with Gasteiger partial charge in [0, 0.05) is 44.7 Å². The van der Waals surface area contributed by atoms with Gasteiger partial charge in [0.1, 0.15) is 6.04 Å². The number of carbonyl (C=O) groups excluding carboxylic acids is 2. The second-order valence-corrected chi connectivity index (χ2v) is 7.89. The second-order valence-electron chi connectivity index (χ2n) is 7.45. The minimum Gasteiger partial charge on any atom is -0.344 e. The molecule has 1 saturated carbocycles. The fraction of sp³-hybridized carbons (Fsp3) is 0.600. The quantitative estimate of drug-likeness (QED) is 0.858. The Kier molecular flexibility index (Phi) is 6.54. The van der Waals surface area contributed by atoms with Crippen molar-refractivity contribution < 1.29 is 9.59 Å². The summed E-state index contributed by atoms with van der Waals surface area (Å²) < 4.78 is 0. The number of rotatable bonds is 5. The van der Waals surface area contributed by atoms with Crippen LogP contribution in [0.4, 0.5) is 0 Å². The van der Waals surface area contributed by atoms with Crippen LogP contribution in [0, 0.1) is 5.92 Å².